The van der Waals surface area contributed by atoms with Crippen molar-refractivity contribution in [3.05, 3.63) is 47.5 Å². The van der Waals surface area contributed by atoms with Crippen LogP contribution in [0.25, 0.3) is 0 Å². The third kappa shape index (κ3) is 4.34. The van der Waals surface area contributed by atoms with Crippen LogP contribution in [0.1, 0.15) is 17.5 Å². The molecule has 2 aliphatic rings. The predicted molar refractivity (Wildman–Crippen MR) is 113 cm³/mol. The summed E-state index contributed by atoms with van der Waals surface area (Å²) in [4.78, 5) is 27.8. The Morgan fingerprint density at radius 1 is 1.14 bits per heavy atom. The molecule has 2 heterocycles. The molecule has 0 aliphatic carbocycles. The average Bonchev–Trinajstić information content (AvgIpc) is 3.33. The van der Waals surface area contributed by atoms with Crippen molar-refractivity contribution in [3.63, 3.8) is 0 Å². The van der Waals surface area contributed by atoms with Gasteiger partial charge in [0.15, 0.2) is 11.5 Å². The third-order valence-corrected chi connectivity index (χ3v) is 6.31. The number of rotatable bonds is 6. The quantitative estimate of drug-likeness (QED) is 0.583. The van der Waals surface area contributed by atoms with Crippen molar-refractivity contribution in [3.8, 4) is 11.5 Å². The van der Waals surface area contributed by atoms with Crippen molar-refractivity contribution in [2.24, 2.45) is 5.92 Å². The van der Waals surface area contributed by atoms with E-state index in [0.717, 1.165) is 11.4 Å². The number of benzene rings is 2. The van der Waals surface area contributed by atoms with Crippen LogP contribution in [0, 0.1) is 19.8 Å². The fourth-order valence-electron chi connectivity index (χ4n) is 3.48. The number of thioether (sulfide) groups is 1. The van der Waals surface area contributed by atoms with Crippen LogP contribution in [0.2, 0.25) is 0 Å². The number of nitrogens with one attached hydrogen (secondary N) is 1. The smallest absolute Gasteiger partial charge is 0.231 e. The van der Waals surface area contributed by atoms with Crippen LogP contribution in [0.4, 0.5) is 5.69 Å². The summed E-state index contributed by atoms with van der Waals surface area (Å²) in [5, 5.41) is 2.97. The van der Waals surface area contributed by atoms with Crippen LogP contribution in [-0.4, -0.2) is 37.4 Å². The summed E-state index contributed by atoms with van der Waals surface area (Å²) in [6.07, 6.45) is 0.227. The Balaban J connectivity index is 1.27. The molecule has 0 radical (unpaired) electrons. The first kappa shape index (κ1) is 19.6. The van der Waals surface area contributed by atoms with E-state index >= 15 is 0 Å². The maximum absolute atomic E-state index is 12.5. The lowest BCUT2D eigenvalue weighted by Crippen LogP contribution is -2.34. The van der Waals surface area contributed by atoms with E-state index in [1.807, 2.05) is 6.07 Å². The maximum Gasteiger partial charge on any atom is 0.231 e. The molecule has 2 amide bonds. The molecule has 1 atom stereocenters. The monoisotopic (exact) mass is 412 g/mol. The highest BCUT2D eigenvalue weighted by atomic mass is 32.2. The van der Waals surface area contributed by atoms with E-state index in [2.05, 4.69) is 37.4 Å². The molecule has 29 heavy (non-hydrogen) atoms. The van der Waals surface area contributed by atoms with Gasteiger partial charge in [0.25, 0.3) is 0 Å². The van der Waals surface area contributed by atoms with Crippen LogP contribution >= 0.6 is 11.8 Å². The van der Waals surface area contributed by atoms with Crippen molar-refractivity contribution in [2.45, 2.75) is 25.2 Å². The van der Waals surface area contributed by atoms with Crippen LogP contribution in [-0.2, 0) is 9.59 Å². The Morgan fingerprint density at radius 2 is 1.97 bits per heavy atom. The molecule has 4 rings (SSSR count). The lowest BCUT2D eigenvalue weighted by atomic mass is 10.1. The maximum atomic E-state index is 12.5. The Bertz CT molecular complexity index is 946. The molecule has 1 N–H and O–H groups in total. The zero-order chi connectivity index (χ0) is 20.4. The number of nitrogens with zero attached hydrogens (tertiary/aromatic N) is 1. The lowest BCUT2D eigenvalue weighted by Gasteiger charge is -2.17. The van der Waals surface area contributed by atoms with Crippen molar-refractivity contribution >= 4 is 29.3 Å². The van der Waals surface area contributed by atoms with Gasteiger partial charge in [0.1, 0.15) is 0 Å². The van der Waals surface area contributed by atoms with E-state index in [0.29, 0.717) is 24.6 Å². The van der Waals surface area contributed by atoms with Gasteiger partial charge in [-0.05, 0) is 49.2 Å². The molecule has 0 saturated carbocycles. The fourth-order valence-corrected chi connectivity index (χ4v) is 4.34. The van der Waals surface area contributed by atoms with Gasteiger partial charge < -0.3 is 19.7 Å². The second kappa shape index (κ2) is 8.37. The molecule has 7 heteroatoms. The molecular formula is C22H24N2O4S. The lowest BCUT2D eigenvalue weighted by molar-refractivity contribution is -0.126. The van der Waals surface area contributed by atoms with E-state index in [1.165, 1.54) is 16.0 Å². The number of hydrogen-bond donors (Lipinski definition) is 1. The largest absolute Gasteiger partial charge is 0.454 e. The number of anilines is 1. The first-order valence-corrected chi connectivity index (χ1v) is 10.7. The first-order valence-electron chi connectivity index (χ1n) is 9.69. The second-order valence-corrected chi connectivity index (χ2v) is 8.50. The number of carbonyl (C=O) groups excluding carboxylic acids is 2. The minimum Gasteiger partial charge on any atom is -0.454 e. The minimum absolute atomic E-state index is 0.0477. The van der Waals surface area contributed by atoms with Crippen LogP contribution in [0.3, 0.4) is 0 Å². The fraction of sp³-hybridized carbons (Fsp3) is 0.364. The van der Waals surface area contributed by atoms with E-state index in [4.69, 9.17) is 9.47 Å². The van der Waals surface area contributed by atoms with Gasteiger partial charge in [-0.1, -0.05) is 6.07 Å². The van der Waals surface area contributed by atoms with Crippen LogP contribution in [0.15, 0.2) is 41.3 Å². The summed E-state index contributed by atoms with van der Waals surface area (Å²) in [7, 11) is 0. The third-order valence-electron chi connectivity index (χ3n) is 5.31. The van der Waals surface area contributed by atoms with Crippen molar-refractivity contribution < 1.29 is 19.1 Å². The zero-order valence-electron chi connectivity index (χ0n) is 16.6. The molecule has 2 aliphatic heterocycles. The van der Waals surface area contributed by atoms with Crippen LogP contribution in [0.5, 0.6) is 11.5 Å². The summed E-state index contributed by atoms with van der Waals surface area (Å²) in [6.45, 7) is 5.35. The standard InChI is InChI=1S/C22H24N2O4S/c1-14-3-5-18(9-15(14)2)29-8-7-23-22(26)16-10-21(25)24(12-16)17-4-6-19-20(11-17)28-13-27-19/h3-6,9,11,16H,7-8,10,12-13H2,1-2H3,(H,23,26)/t16-/m0/s1. The molecule has 0 unspecified atom stereocenters. The Hall–Kier alpha value is -2.67. The molecule has 2 aromatic rings. The Kier molecular flexibility index (Phi) is 5.67. The van der Waals surface area contributed by atoms with Gasteiger partial charge in [-0.2, -0.15) is 0 Å². The normalized spacial score (nSPS) is 17.7. The highest BCUT2D eigenvalue weighted by Gasteiger charge is 2.35. The summed E-state index contributed by atoms with van der Waals surface area (Å²) >= 11 is 1.72. The van der Waals surface area contributed by atoms with Crippen molar-refractivity contribution in [1.82, 2.24) is 5.32 Å². The van der Waals surface area contributed by atoms with Crippen molar-refractivity contribution in [1.29, 1.82) is 0 Å². The molecule has 1 saturated heterocycles. The molecule has 6 nitrogen and oxygen atoms in total. The highest BCUT2D eigenvalue weighted by Crippen LogP contribution is 2.37. The molecule has 0 spiro atoms. The Labute approximate surface area is 174 Å². The summed E-state index contributed by atoms with van der Waals surface area (Å²) < 4.78 is 10.7. The van der Waals surface area contributed by atoms with Crippen LogP contribution < -0.4 is 19.7 Å². The molecular weight excluding hydrogens is 388 g/mol. The van der Waals surface area contributed by atoms with Crippen molar-refractivity contribution in [2.75, 3.05) is 30.5 Å². The van der Waals surface area contributed by atoms with Gasteiger partial charge in [0.2, 0.25) is 18.6 Å². The number of fused-ring (bicyclic) bond motifs is 1. The summed E-state index contributed by atoms with van der Waals surface area (Å²) in [5.74, 6) is 1.65. The summed E-state index contributed by atoms with van der Waals surface area (Å²) in [5.41, 5.74) is 3.28. The number of aryl methyl sites for hydroxylation is 2. The van der Waals surface area contributed by atoms with Gasteiger partial charge in [0, 0.05) is 41.9 Å². The molecule has 1 fully saturated rings. The molecule has 0 bridgehead atoms. The minimum atomic E-state index is -0.334. The van der Waals surface area contributed by atoms with Gasteiger partial charge in [-0.25, -0.2) is 0 Å². The number of carbonyl (C=O) groups is 2. The van der Waals surface area contributed by atoms with E-state index < -0.39 is 0 Å². The van der Waals surface area contributed by atoms with Gasteiger partial charge in [-0.15, -0.1) is 11.8 Å². The average molecular weight is 413 g/mol. The zero-order valence-corrected chi connectivity index (χ0v) is 17.4. The SMILES string of the molecule is Cc1ccc(SCCNC(=O)[C@H]2CC(=O)N(c3ccc4c(c3)OCO4)C2)cc1C. The molecule has 0 aromatic heterocycles. The van der Waals surface area contributed by atoms with Gasteiger partial charge in [-0.3, -0.25) is 9.59 Å². The van der Waals surface area contributed by atoms with E-state index in [9.17, 15) is 9.59 Å². The topological polar surface area (TPSA) is 67.9 Å². The number of amides is 2. The van der Waals surface area contributed by atoms with Gasteiger partial charge >= 0.3 is 0 Å². The van der Waals surface area contributed by atoms with E-state index in [-0.39, 0.29) is 30.9 Å². The van der Waals surface area contributed by atoms with Gasteiger partial charge in [0.05, 0.1) is 5.92 Å². The number of hydrogen-bond acceptors (Lipinski definition) is 5. The molecule has 152 valence electrons. The first-order chi connectivity index (χ1) is 14.0. The Morgan fingerprint density at radius 3 is 2.79 bits per heavy atom. The summed E-state index contributed by atoms with van der Waals surface area (Å²) in [6, 6.07) is 11.8. The highest BCUT2D eigenvalue weighted by molar-refractivity contribution is 7.99. The second-order valence-electron chi connectivity index (χ2n) is 7.33. The van der Waals surface area contributed by atoms with E-state index in [1.54, 1.807) is 28.8 Å². The number of ether oxygens (including phenoxy) is 2. The molecule has 2 aromatic carbocycles. The predicted octanol–water partition coefficient (Wildman–Crippen LogP) is 3.29.